The van der Waals surface area contributed by atoms with E-state index in [1.807, 2.05) is 24.3 Å². The van der Waals surface area contributed by atoms with Crippen molar-refractivity contribution < 1.29 is 19.0 Å². The van der Waals surface area contributed by atoms with Crippen LogP contribution in [-0.2, 0) is 20.9 Å². The van der Waals surface area contributed by atoms with E-state index in [0.29, 0.717) is 12.4 Å². The van der Waals surface area contributed by atoms with Crippen LogP contribution in [-0.4, -0.2) is 25.1 Å². The quantitative estimate of drug-likeness (QED) is 0.817. The average Bonchev–Trinajstić information content (AvgIpc) is 2.64. The van der Waals surface area contributed by atoms with E-state index in [0.717, 1.165) is 11.3 Å². The lowest BCUT2D eigenvalue weighted by molar-refractivity contribution is -0.135. The second-order valence-corrected chi connectivity index (χ2v) is 4.79. The lowest BCUT2D eigenvalue weighted by Crippen LogP contribution is -2.38. The second-order valence-electron chi connectivity index (χ2n) is 4.79. The molecule has 0 amide bonds. The molecule has 0 fully saturated rings. The molecule has 0 aromatic heterocycles. The highest BCUT2D eigenvalue weighted by Gasteiger charge is 2.39. The summed E-state index contributed by atoms with van der Waals surface area (Å²) >= 11 is 0. The van der Waals surface area contributed by atoms with Gasteiger partial charge < -0.3 is 14.2 Å². The lowest BCUT2D eigenvalue weighted by Gasteiger charge is -2.23. The first kappa shape index (κ1) is 13.6. The van der Waals surface area contributed by atoms with Crippen LogP contribution in [0.5, 0.6) is 5.75 Å². The normalized spacial score (nSPS) is 22.1. The van der Waals surface area contributed by atoms with Gasteiger partial charge in [-0.25, -0.2) is 0 Å². The number of hydrogen-bond donors (Lipinski definition) is 0. The first-order valence-corrected chi connectivity index (χ1v) is 6.16. The Balaban J connectivity index is 1.85. The molecule has 0 saturated carbocycles. The third-order valence-electron chi connectivity index (χ3n) is 3.05. The van der Waals surface area contributed by atoms with Gasteiger partial charge in [0.1, 0.15) is 5.75 Å². The highest BCUT2D eigenvalue weighted by atomic mass is 16.6. The SMILES string of the molecule is COc1ccc(COCC2(C)OC(C)=CC2=O)cc1. The Kier molecular flexibility index (Phi) is 3.90. The van der Waals surface area contributed by atoms with Gasteiger partial charge in [-0.15, -0.1) is 0 Å². The van der Waals surface area contributed by atoms with Crippen molar-refractivity contribution in [3.63, 3.8) is 0 Å². The molecule has 1 heterocycles. The molecule has 0 bridgehead atoms. The first-order valence-electron chi connectivity index (χ1n) is 6.16. The van der Waals surface area contributed by atoms with Crippen molar-refractivity contribution in [1.29, 1.82) is 0 Å². The highest BCUT2D eigenvalue weighted by Crippen LogP contribution is 2.25. The zero-order valence-electron chi connectivity index (χ0n) is 11.4. The molecule has 4 nitrogen and oxygen atoms in total. The molecule has 1 aromatic rings. The number of carbonyl (C=O) groups is 1. The van der Waals surface area contributed by atoms with Gasteiger partial charge in [0.05, 0.1) is 26.1 Å². The monoisotopic (exact) mass is 262 g/mol. The minimum atomic E-state index is -0.878. The maximum absolute atomic E-state index is 11.7. The van der Waals surface area contributed by atoms with Crippen LogP contribution >= 0.6 is 0 Å². The number of allylic oxidation sites excluding steroid dienone is 1. The Labute approximate surface area is 113 Å². The van der Waals surface area contributed by atoms with E-state index in [1.54, 1.807) is 21.0 Å². The number of benzene rings is 1. The number of rotatable bonds is 5. The number of ketones is 1. The van der Waals surface area contributed by atoms with Gasteiger partial charge in [0, 0.05) is 6.08 Å². The van der Waals surface area contributed by atoms with E-state index in [-0.39, 0.29) is 12.4 Å². The Morgan fingerprint density at radius 3 is 2.47 bits per heavy atom. The molecule has 2 rings (SSSR count). The first-order chi connectivity index (χ1) is 9.03. The van der Waals surface area contributed by atoms with Gasteiger partial charge in [0.25, 0.3) is 0 Å². The lowest BCUT2D eigenvalue weighted by atomic mass is 10.0. The summed E-state index contributed by atoms with van der Waals surface area (Å²) in [6, 6.07) is 7.62. The molecule has 1 aliphatic heterocycles. The van der Waals surface area contributed by atoms with Crippen molar-refractivity contribution in [3.8, 4) is 5.75 Å². The van der Waals surface area contributed by atoms with E-state index < -0.39 is 5.60 Å². The molecule has 1 aromatic carbocycles. The Hall–Kier alpha value is -1.81. The van der Waals surface area contributed by atoms with Gasteiger partial charge in [-0.05, 0) is 31.5 Å². The highest BCUT2D eigenvalue weighted by molar-refractivity contribution is 5.99. The summed E-state index contributed by atoms with van der Waals surface area (Å²) in [6.45, 7) is 4.20. The van der Waals surface area contributed by atoms with Gasteiger partial charge >= 0.3 is 0 Å². The fraction of sp³-hybridized carbons (Fsp3) is 0.400. The summed E-state index contributed by atoms with van der Waals surface area (Å²) < 4.78 is 16.2. The maximum atomic E-state index is 11.7. The van der Waals surface area contributed by atoms with Crippen LogP contribution in [0.25, 0.3) is 0 Å². The van der Waals surface area contributed by atoms with E-state index in [4.69, 9.17) is 14.2 Å². The van der Waals surface area contributed by atoms with Crippen molar-refractivity contribution in [2.75, 3.05) is 13.7 Å². The predicted octanol–water partition coefficient (Wildman–Crippen LogP) is 2.47. The molecule has 0 aliphatic carbocycles. The molecule has 0 saturated heterocycles. The van der Waals surface area contributed by atoms with Gasteiger partial charge in [0.2, 0.25) is 5.78 Å². The van der Waals surface area contributed by atoms with Crippen LogP contribution in [0.1, 0.15) is 19.4 Å². The molecule has 1 aliphatic rings. The molecule has 4 heteroatoms. The summed E-state index contributed by atoms with van der Waals surface area (Å²) in [5.74, 6) is 1.41. The maximum Gasteiger partial charge on any atom is 0.204 e. The molecule has 1 atom stereocenters. The topological polar surface area (TPSA) is 44.8 Å². The molecule has 0 radical (unpaired) electrons. The van der Waals surface area contributed by atoms with Crippen LogP contribution in [0.4, 0.5) is 0 Å². The standard InChI is InChI=1S/C15H18O4/c1-11-8-14(16)15(2,19-11)10-18-9-12-4-6-13(17-3)7-5-12/h4-8H,9-10H2,1-3H3. The van der Waals surface area contributed by atoms with Crippen molar-refractivity contribution in [1.82, 2.24) is 0 Å². The average molecular weight is 262 g/mol. The number of carbonyl (C=O) groups excluding carboxylic acids is 1. The molecule has 102 valence electrons. The second kappa shape index (κ2) is 5.45. The minimum Gasteiger partial charge on any atom is -0.497 e. The molecular weight excluding hydrogens is 244 g/mol. The summed E-state index contributed by atoms with van der Waals surface area (Å²) in [4.78, 5) is 11.7. The molecule has 19 heavy (non-hydrogen) atoms. The summed E-state index contributed by atoms with van der Waals surface area (Å²) in [5.41, 5.74) is 0.149. The Morgan fingerprint density at radius 1 is 1.26 bits per heavy atom. The van der Waals surface area contributed by atoms with Gasteiger partial charge in [-0.1, -0.05) is 12.1 Å². The van der Waals surface area contributed by atoms with Crippen molar-refractivity contribution >= 4 is 5.78 Å². The van der Waals surface area contributed by atoms with Crippen molar-refractivity contribution in [3.05, 3.63) is 41.7 Å². The smallest absolute Gasteiger partial charge is 0.204 e. The van der Waals surface area contributed by atoms with Crippen LogP contribution in [0, 0.1) is 0 Å². The van der Waals surface area contributed by atoms with Crippen molar-refractivity contribution in [2.45, 2.75) is 26.1 Å². The van der Waals surface area contributed by atoms with E-state index in [2.05, 4.69) is 0 Å². The zero-order valence-corrected chi connectivity index (χ0v) is 11.4. The van der Waals surface area contributed by atoms with Gasteiger partial charge in [-0.3, -0.25) is 4.79 Å². The number of methoxy groups -OCH3 is 1. The molecule has 0 spiro atoms. The van der Waals surface area contributed by atoms with Crippen LogP contribution in [0.2, 0.25) is 0 Å². The van der Waals surface area contributed by atoms with E-state index in [1.165, 1.54) is 6.08 Å². The van der Waals surface area contributed by atoms with Crippen LogP contribution < -0.4 is 4.74 Å². The third kappa shape index (κ3) is 3.15. The zero-order chi connectivity index (χ0) is 13.9. The van der Waals surface area contributed by atoms with Gasteiger partial charge in [0.15, 0.2) is 5.60 Å². The summed E-state index contributed by atoms with van der Waals surface area (Å²) in [6.07, 6.45) is 1.51. The molecule has 1 unspecified atom stereocenters. The Bertz CT molecular complexity index is 489. The Morgan fingerprint density at radius 2 is 1.95 bits per heavy atom. The summed E-state index contributed by atoms with van der Waals surface area (Å²) in [7, 11) is 1.63. The van der Waals surface area contributed by atoms with E-state index >= 15 is 0 Å². The number of ether oxygens (including phenoxy) is 3. The van der Waals surface area contributed by atoms with Crippen LogP contribution in [0.3, 0.4) is 0 Å². The summed E-state index contributed by atoms with van der Waals surface area (Å²) in [5, 5.41) is 0. The van der Waals surface area contributed by atoms with Crippen LogP contribution in [0.15, 0.2) is 36.1 Å². The van der Waals surface area contributed by atoms with Crippen molar-refractivity contribution in [2.24, 2.45) is 0 Å². The third-order valence-corrected chi connectivity index (χ3v) is 3.05. The van der Waals surface area contributed by atoms with E-state index in [9.17, 15) is 4.79 Å². The fourth-order valence-electron chi connectivity index (χ4n) is 1.96. The molecule has 0 N–H and O–H groups in total. The number of hydrogen-bond acceptors (Lipinski definition) is 4. The largest absolute Gasteiger partial charge is 0.497 e. The fourth-order valence-corrected chi connectivity index (χ4v) is 1.96. The van der Waals surface area contributed by atoms with Gasteiger partial charge in [-0.2, -0.15) is 0 Å². The molecular formula is C15H18O4. The minimum absolute atomic E-state index is 0.0419. The predicted molar refractivity (Wildman–Crippen MR) is 70.9 cm³/mol.